The highest BCUT2D eigenvalue weighted by Crippen LogP contribution is 2.44. The predicted octanol–water partition coefficient (Wildman–Crippen LogP) is 5.05. The smallest absolute Gasteiger partial charge is 0.407 e. The number of carboxylic acid groups (broad SMARTS) is 1. The van der Waals surface area contributed by atoms with Gasteiger partial charge in [0.25, 0.3) is 0 Å². The number of alkyl carbamates (subject to hydrolysis) is 1. The first kappa shape index (κ1) is 20.5. The van der Waals surface area contributed by atoms with Gasteiger partial charge < -0.3 is 15.2 Å². The molecule has 158 valence electrons. The molecule has 1 amide bonds. The number of nitrogens with one attached hydrogen (secondary N) is 1. The molecule has 3 atom stereocenters. The van der Waals surface area contributed by atoms with E-state index in [0.717, 1.165) is 41.5 Å². The van der Waals surface area contributed by atoms with Crippen LogP contribution in [-0.4, -0.2) is 29.8 Å². The number of amides is 1. The van der Waals surface area contributed by atoms with Crippen molar-refractivity contribution in [3.63, 3.8) is 0 Å². The molecule has 0 aromatic heterocycles. The van der Waals surface area contributed by atoms with Gasteiger partial charge in [-0.3, -0.25) is 0 Å². The van der Waals surface area contributed by atoms with E-state index in [1.54, 1.807) is 0 Å². The number of carbonyl (C=O) groups is 2. The van der Waals surface area contributed by atoms with Crippen molar-refractivity contribution in [2.24, 2.45) is 17.8 Å². The number of hydrogen-bond donors (Lipinski definition) is 2. The van der Waals surface area contributed by atoms with Crippen LogP contribution < -0.4 is 5.32 Å². The van der Waals surface area contributed by atoms with Crippen LogP contribution in [0.2, 0.25) is 0 Å². The van der Waals surface area contributed by atoms with Gasteiger partial charge in [-0.05, 0) is 59.3 Å². The third-order valence-corrected chi connectivity index (χ3v) is 6.57. The van der Waals surface area contributed by atoms with Gasteiger partial charge in [0, 0.05) is 5.92 Å². The van der Waals surface area contributed by atoms with Crippen LogP contribution in [0.4, 0.5) is 4.79 Å². The maximum absolute atomic E-state index is 12.5. The highest BCUT2D eigenvalue weighted by molar-refractivity contribution is 5.81. The highest BCUT2D eigenvalue weighted by Gasteiger charge is 2.36. The zero-order chi connectivity index (χ0) is 21.3. The molecule has 30 heavy (non-hydrogen) atoms. The molecular weight excluding hydrogens is 378 g/mol. The Morgan fingerprint density at radius 2 is 1.50 bits per heavy atom. The van der Waals surface area contributed by atoms with Gasteiger partial charge in [0.05, 0.1) is 0 Å². The molecule has 2 N–H and O–H groups in total. The van der Waals surface area contributed by atoms with Crippen molar-refractivity contribution in [1.29, 1.82) is 0 Å². The first-order valence-electron chi connectivity index (χ1n) is 10.8. The highest BCUT2D eigenvalue weighted by atomic mass is 16.5. The van der Waals surface area contributed by atoms with Crippen LogP contribution in [0.25, 0.3) is 11.1 Å². The summed E-state index contributed by atoms with van der Waals surface area (Å²) in [6.07, 6.45) is 2.07. The van der Waals surface area contributed by atoms with Crippen LogP contribution in [0.1, 0.15) is 50.2 Å². The largest absolute Gasteiger partial charge is 0.480 e. The molecule has 5 heteroatoms. The summed E-state index contributed by atoms with van der Waals surface area (Å²) < 4.78 is 5.55. The molecule has 0 spiro atoms. The zero-order valence-corrected chi connectivity index (χ0v) is 17.5. The number of fused-ring (bicyclic) bond motifs is 3. The summed E-state index contributed by atoms with van der Waals surface area (Å²) in [5.41, 5.74) is 4.60. The van der Waals surface area contributed by atoms with E-state index < -0.39 is 18.1 Å². The van der Waals surface area contributed by atoms with E-state index >= 15 is 0 Å². The Labute approximate surface area is 177 Å². The van der Waals surface area contributed by atoms with Gasteiger partial charge in [-0.2, -0.15) is 0 Å². The number of benzene rings is 2. The molecule has 2 aliphatic rings. The molecule has 4 rings (SSSR count). The summed E-state index contributed by atoms with van der Waals surface area (Å²) >= 11 is 0. The van der Waals surface area contributed by atoms with Crippen LogP contribution in [-0.2, 0) is 9.53 Å². The van der Waals surface area contributed by atoms with Crippen molar-refractivity contribution >= 4 is 12.1 Å². The van der Waals surface area contributed by atoms with E-state index in [2.05, 4.69) is 43.4 Å². The van der Waals surface area contributed by atoms with Crippen molar-refractivity contribution in [2.75, 3.05) is 6.61 Å². The molecule has 0 radical (unpaired) electrons. The van der Waals surface area contributed by atoms with Crippen LogP contribution in [0.5, 0.6) is 0 Å². The molecule has 0 heterocycles. The van der Waals surface area contributed by atoms with Gasteiger partial charge in [-0.25, -0.2) is 9.59 Å². The van der Waals surface area contributed by atoms with Crippen LogP contribution in [0.15, 0.2) is 48.5 Å². The second kappa shape index (κ2) is 8.50. The summed E-state index contributed by atoms with van der Waals surface area (Å²) in [4.78, 5) is 24.4. The Bertz CT molecular complexity index is 885. The van der Waals surface area contributed by atoms with Gasteiger partial charge in [-0.15, -0.1) is 0 Å². The molecule has 0 bridgehead atoms. The van der Waals surface area contributed by atoms with Crippen molar-refractivity contribution in [3.05, 3.63) is 59.7 Å². The first-order chi connectivity index (χ1) is 14.4. The second-order valence-corrected chi connectivity index (χ2v) is 8.96. The Morgan fingerprint density at radius 3 is 2.03 bits per heavy atom. The lowest BCUT2D eigenvalue weighted by Gasteiger charge is -2.34. The van der Waals surface area contributed by atoms with Crippen molar-refractivity contribution < 1.29 is 19.4 Å². The van der Waals surface area contributed by atoms with Gasteiger partial charge in [0.15, 0.2) is 0 Å². The summed E-state index contributed by atoms with van der Waals surface area (Å²) in [5.74, 6) is -0.174. The average Bonchev–Trinajstić information content (AvgIpc) is 3.03. The average molecular weight is 408 g/mol. The number of ether oxygens (including phenoxy) is 1. The van der Waals surface area contributed by atoms with Crippen molar-refractivity contribution in [1.82, 2.24) is 5.32 Å². The quantitative estimate of drug-likeness (QED) is 0.727. The summed E-state index contributed by atoms with van der Waals surface area (Å²) in [5, 5.41) is 12.4. The minimum absolute atomic E-state index is 0.0406. The predicted molar refractivity (Wildman–Crippen MR) is 115 cm³/mol. The van der Waals surface area contributed by atoms with Crippen molar-refractivity contribution in [3.8, 4) is 11.1 Å². The van der Waals surface area contributed by atoms with Gasteiger partial charge >= 0.3 is 12.1 Å². The fourth-order valence-electron chi connectivity index (χ4n) is 5.43. The lowest BCUT2D eigenvalue weighted by atomic mass is 9.74. The lowest BCUT2D eigenvalue weighted by molar-refractivity contribution is -0.141. The molecule has 1 saturated carbocycles. The topological polar surface area (TPSA) is 75.6 Å². The van der Waals surface area contributed by atoms with E-state index in [1.807, 2.05) is 24.3 Å². The fraction of sp³-hybridized carbons (Fsp3) is 0.440. The van der Waals surface area contributed by atoms with E-state index in [4.69, 9.17) is 4.74 Å². The Hall–Kier alpha value is -2.82. The number of aliphatic carboxylic acids is 1. The summed E-state index contributed by atoms with van der Waals surface area (Å²) in [7, 11) is 0. The van der Waals surface area contributed by atoms with E-state index in [1.165, 1.54) is 0 Å². The monoisotopic (exact) mass is 407 g/mol. The fourth-order valence-corrected chi connectivity index (χ4v) is 5.43. The molecule has 5 nitrogen and oxygen atoms in total. The maximum Gasteiger partial charge on any atom is 0.407 e. The molecule has 2 aliphatic carbocycles. The molecular formula is C25H29NO4. The summed E-state index contributed by atoms with van der Waals surface area (Å²) in [6, 6.07) is 15.4. The molecule has 3 unspecified atom stereocenters. The van der Waals surface area contributed by atoms with Crippen LogP contribution in [0.3, 0.4) is 0 Å². The Kier molecular flexibility index (Phi) is 5.80. The SMILES string of the molecule is CC1CC(C)CC(C(NC(=O)OCC2c3ccccc3-c3ccccc32)C(=O)O)C1. The summed E-state index contributed by atoms with van der Waals surface area (Å²) in [6.45, 7) is 4.48. The van der Waals surface area contributed by atoms with Gasteiger partial charge in [-0.1, -0.05) is 62.4 Å². The lowest BCUT2D eigenvalue weighted by Crippen LogP contribution is -2.48. The number of rotatable bonds is 5. The van der Waals surface area contributed by atoms with Gasteiger partial charge in [0.1, 0.15) is 12.6 Å². The van der Waals surface area contributed by atoms with Crippen LogP contribution in [0, 0.1) is 17.8 Å². The minimum Gasteiger partial charge on any atom is -0.480 e. The first-order valence-corrected chi connectivity index (χ1v) is 10.8. The van der Waals surface area contributed by atoms with Crippen molar-refractivity contribution in [2.45, 2.75) is 45.1 Å². The molecule has 0 aliphatic heterocycles. The standard InChI is InChI=1S/C25H29NO4/c1-15-11-16(2)13-17(12-15)23(24(27)28)26-25(29)30-14-22-20-9-5-3-7-18(20)19-8-4-6-10-21(19)22/h3-10,15-17,22-23H,11-14H2,1-2H3,(H,26,29)(H,27,28). The number of carbonyl (C=O) groups excluding carboxylic acids is 1. The molecule has 2 aromatic rings. The molecule has 2 aromatic carbocycles. The zero-order valence-electron chi connectivity index (χ0n) is 17.5. The van der Waals surface area contributed by atoms with Gasteiger partial charge in [0.2, 0.25) is 0 Å². The molecule has 1 fully saturated rings. The van der Waals surface area contributed by atoms with E-state index in [0.29, 0.717) is 11.8 Å². The number of carboxylic acids is 1. The maximum atomic E-state index is 12.5. The third-order valence-electron chi connectivity index (χ3n) is 6.57. The van der Waals surface area contributed by atoms with E-state index in [-0.39, 0.29) is 18.4 Å². The van der Waals surface area contributed by atoms with E-state index in [9.17, 15) is 14.7 Å². The Balaban J connectivity index is 1.44. The Morgan fingerprint density at radius 1 is 0.967 bits per heavy atom. The minimum atomic E-state index is -0.991. The second-order valence-electron chi connectivity index (χ2n) is 8.96. The third kappa shape index (κ3) is 4.07. The normalized spacial score (nSPS) is 23.9. The van der Waals surface area contributed by atoms with Crippen LogP contribution >= 0.6 is 0 Å². The molecule has 0 saturated heterocycles. The number of hydrogen-bond acceptors (Lipinski definition) is 3.